The summed E-state index contributed by atoms with van der Waals surface area (Å²) in [7, 11) is 0. The first kappa shape index (κ1) is 10.6. The normalized spacial score (nSPS) is 22.9. The van der Waals surface area contributed by atoms with Crippen LogP contribution in [-0.4, -0.2) is 21.0 Å². The average Bonchev–Trinajstić information content (AvgIpc) is 2.59. The van der Waals surface area contributed by atoms with E-state index in [-0.39, 0.29) is 6.04 Å². The SMILES string of the molecule is CC(C)[C@H](C)n1nnc2c1C[C@H](N)CC2. The molecule has 0 amide bonds. The van der Waals surface area contributed by atoms with Crippen LogP contribution in [0.4, 0.5) is 0 Å². The molecule has 4 nitrogen and oxygen atoms in total. The molecule has 0 saturated carbocycles. The highest BCUT2D eigenvalue weighted by Gasteiger charge is 2.24. The fourth-order valence-electron chi connectivity index (χ4n) is 2.03. The first-order chi connectivity index (χ1) is 7.09. The van der Waals surface area contributed by atoms with Gasteiger partial charge in [-0.15, -0.1) is 5.10 Å². The summed E-state index contributed by atoms with van der Waals surface area (Å²) in [6.45, 7) is 6.61. The van der Waals surface area contributed by atoms with Crippen LogP contribution in [0.3, 0.4) is 0 Å². The van der Waals surface area contributed by atoms with Crippen LogP contribution >= 0.6 is 0 Å². The molecule has 0 radical (unpaired) electrons. The Bertz CT molecular complexity index is 342. The molecule has 0 spiro atoms. The lowest BCUT2D eigenvalue weighted by molar-refractivity contribution is 0.353. The molecular weight excluding hydrogens is 188 g/mol. The van der Waals surface area contributed by atoms with Gasteiger partial charge in [0.05, 0.1) is 17.4 Å². The van der Waals surface area contributed by atoms with Crippen molar-refractivity contribution >= 4 is 0 Å². The number of nitrogens with zero attached hydrogens (tertiary/aromatic N) is 3. The zero-order chi connectivity index (χ0) is 11.0. The first-order valence-electron chi connectivity index (χ1n) is 5.78. The van der Waals surface area contributed by atoms with Gasteiger partial charge in [-0.25, -0.2) is 4.68 Å². The average molecular weight is 208 g/mol. The molecule has 1 aliphatic rings. The van der Waals surface area contributed by atoms with Gasteiger partial charge in [0.25, 0.3) is 0 Å². The van der Waals surface area contributed by atoms with Crippen LogP contribution in [0.25, 0.3) is 0 Å². The van der Waals surface area contributed by atoms with Crippen molar-refractivity contribution in [3.05, 3.63) is 11.4 Å². The van der Waals surface area contributed by atoms with Gasteiger partial charge in [-0.2, -0.15) is 0 Å². The van der Waals surface area contributed by atoms with Crippen LogP contribution in [0.2, 0.25) is 0 Å². The summed E-state index contributed by atoms with van der Waals surface area (Å²) in [4.78, 5) is 0. The maximum atomic E-state index is 5.99. The maximum Gasteiger partial charge on any atom is 0.0860 e. The Hall–Kier alpha value is -0.900. The molecule has 1 aromatic rings. The van der Waals surface area contributed by atoms with Gasteiger partial charge in [0.1, 0.15) is 0 Å². The Morgan fingerprint density at radius 3 is 2.80 bits per heavy atom. The molecule has 0 bridgehead atoms. The first-order valence-corrected chi connectivity index (χ1v) is 5.78. The van der Waals surface area contributed by atoms with Crippen molar-refractivity contribution in [2.45, 2.75) is 52.1 Å². The van der Waals surface area contributed by atoms with E-state index in [9.17, 15) is 0 Å². The van der Waals surface area contributed by atoms with Crippen molar-refractivity contribution in [3.63, 3.8) is 0 Å². The van der Waals surface area contributed by atoms with E-state index in [1.165, 1.54) is 5.69 Å². The molecular formula is C11H20N4. The smallest absolute Gasteiger partial charge is 0.0860 e. The van der Waals surface area contributed by atoms with Crippen molar-refractivity contribution < 1.29 is 0 Å². The number of aryl methyl sites for hydroxylation is 1. The lowest BCUT2D eigenvalue weighted by atomic mass is 9.95. The summed E-state index contributed by atoms with van der Waals surface area (Å²) in [5, 5.41) is 8.52. The Kier molecular flexibility index (Phi) is 2.78. The van der Waals surface area contributed by atoms with Crippen LogP contribution in [-0.2, 0) is 12.8 Å². The van der Waals surface area contributed by atoms with Gasteiger partial charge in [-0.3, -0.25) is 0 Å². The zero-order valence-corrected chi connectivity index (χ0v) is 9.77. The predicted molar refractivity (Wildman–Crippen MR) is 59.6 cm³/mol. The van der Waals surface area contributed by atoms with Gasteiger partial charge in [-0.05, 0) is 25.7 Å². The Balaban J connectivity index is 2.30. The highest BCUT2D eigenvalue weighted by atomic mass is 15.4. The fraction of sp³-hybridized carbons (Fsp3) is 0.818. The Labute approximate surface area is 90.8 Å². The van der Waals surface area contributed by atoms with Crippen LogP contribution in [0.5, 0.6) is 0 Å². The van der Waals surface area contributed by atoms with Gasteiger partial charge in [0.2, 0.25) is 0 Å². The molecule has 1 aromatic heterocycles. The van der Waals surface area contributed by atoms with Crippen molar-refractivity contribution in [2.75, 3.05) is 0 Å². The van der Waals surface area contributed by atoms with Gasteiger partial charge in [0, 0.05) is 12.5 Å². The minimum Gasteiger partial charge on any atom is -0.327 e. The summed E-state index contributed by atoms with van der Waals surface area (Å²) in [6, 6.07) is 0.695. The van der Waals surface area contributed by atoms with Crippen molar-refractivity contribution in [1.82, 2.24) is 15.0 Å². The second kappa shape index (κ2) is 3.93. The fourth-order valence-corrected chi connectivity index (χ4v) is 2.03. The van der Waals surface area contributed by atoms with E-state index in [2.05, 4.69) is 35.8 Å². The quantitative estimate of drug-likeness (QED) is 0.797. The number of hydrogen-bond acceptors (Lipinski definition) is 3. The molecule has 2 N–H and O–H groups in total. The van der Waals surface area contributed by atoms with Crippen LogP contribution in [0.15, 0.2) is 0 Å². The number of fused-ring (bicyclic) bond motifs is 1. The topological polar surface area (TPSA) is 56.7 Å². The summed E-state index contributed by atoms with van der Waals surface area (Å²) < 4.78 is 2.07. The number of nitrogens with two attached hydrogens (primary N) is 1. The lowest BCUT2D eigenvalue weighted by Gasteiger charge is -2.22. The van der Waals surface area contributed by atoms with E-state index in [1.54, 1.807) is 0 Å². The molecule has 0 fully saturated rings. The predicted octanol–water partition coefficient (Wildman–Crippen LogP) is 1.31. The van der Waals surface area contributed by atoms with E-state index >= 15 is 0 Å². The number of aromatic nitrogens is 3. The number of hydrogen-bond donors (Lipinski definition) is 1. The minimum absolute atomic E-state index is 0.286. The summed E-state index contributed by atoms with van der Waals surface area (Å²) in [6.07, 6.45) is 2.96. The van der Waals surface area contributed by atoms with Crippen LogP contribution in [0.1, 0.15) is 44.6 Å². The van der Waals surface area contributed by atoms with Crippen LogP contribution in [0, 0.1) is 5.92 Å². The minimum atomic E-state index is 0.286. The van der Waals surface area contributed by atoms with Gasteiger partial charge in [-0.1, -0.05) is 19.1 Å². The van der Waals surface area contributed by atoms with Crippen molar-refractivity contribution in [2.24, 2.45) is 11.7 Å². The molecule has 4 heteroatoms. The van der Waals surface area contributed by atoms with Gasteiger partial charge < -0.3 is 5.73 Å². The van der Waals surface area contributed by atoms with Gasteiger partial charge >= 0.3 is 0 Å². The second-order valence-corrected chi connectivity index (χ2v) is 4.91. The van der Waals surface area contributed by atoms with Crippen LogP contribution < -0.4 is 5.73 Å². The van der Waals surface area contributed by atoms with Gasteiger partial charge in [0.15, 0.2) is 0 Å². The highest BCUT2D eigenvalue weighted by Crippen LogP contribution is 2.24. The molecule has 2 rings (SSSR count). The van der Waals surface area contributed by atoms with E-state index in [0.717, 1.165) is 25.0 Å². The maximum absolute atomic E-state index is 5.99. The highest BCUT2D eigenvalue weighted by molar-refractivity contribution is 5.16. The largest absolute Gasteiger partial charge is 0.327 e. The molecule has 0 aliphatic heterocycles. The van der Waals surface area contributed by atoms with E-state index < -0.39 is 0 Å². The molecule has 0 saturated heterocycles. The van der Waals surface area contributed by atoms with E-state index in [0.29, 0.717) is 12.0 Å². The molecule has 0 unspecified atom stereocenters. The molecule has 84 valence electrons. The second-order valence-electron chi connectivity index (χ2n) is 4.91. The third-order valence-corrected chi connectivity index (χ3v) is 3.43. The van der Waals surface area contributed by atoms with E-state index in [1.807, 2.05) is 0 Å². The zero-order valence-electron chi connectivity index (χ0n) is 9.77. The number of rotatable bonds is 2. The molecule has 0 aromatic carbocycles. The standard InChI is InChI=1S/C11H20N4/c1-7(2)8(3)15-11-6-9(12)4-5-10(11)13-14-15/h7-9H,4-6,12H2,1-3H3/t8-,9+/m0/s1. The summed E-state index contributed by atoms with van der Waals surface area (Å²) >= 11 is 0. The summed E-state index contributed by atoms with van der Waals surface area (Å²) in [5.74, 6) is 0.578. The molecule has 15 heavy (non-hydrogen) atoms. The van der Waals surface area contributed by atoms with Crippen molar-refractivity contribution in [3.8, 4) is 0 Å². The summed E-state index contributed by atoms with van der Waals surface area (Å²) in [5.41, 5.74) is 8.40. The molecule has 1 aliphatic carbocycles. The lowest BCUT2D eigenvalue weighted by Crippen LogP contribution is -2.30. The molecule has 2 atom stereocenters. The molecule has 1 heterocycles. The Morgan fingerprint density at radius 1 is 1.40 bits per heavy atom. The monoisotopic (exact) mass is 208 g/mol. The van der Waals surface area contributed by atoms with Crippen molar-refractivity contribution in [1.29, 1.82) is 0 Å². The van der Waals surface area contributed by atoms with E-state index in [4.69, 9.17) is 5.73 Å². The Morgan fingerprint density at radius 2 is 2.13 bits per heavy atom. The third-order valence-electron chi connectivity index (χ3n) is 3.43. The third kappa shape index (κ3) is 1.91.